The number of aliphatic hydroxyl groups excluding tert-OH is 4. The highest BCUT2D eigenvalue weighted by Gasteiger charge is 2.45. The number of carboxylic acids is 3. The number of nitro benzene ring substituents is 1. The lowest BCUT2D eigenvalue weighted by atomic mass is 9.99. The third-order valence-corrected chi connectivity index (χ3v) is 13.3. The Bertz CT molecular complexity index is 1810. The standard InChI is InChI=1S/C30H46N6O16.C12H23N3O2S/c37-17-22-26(44)27(45)28(46)29(52-22)51-21-2-1-19(13-20(21)36(48)49)18-50-30(47)31-3-4-32-5-7-33(14-23(38)39)9-11-35(16-25(42)43)12-10-34(8-6-32)15-24(40)41;1-13-9-7-18-10(12(9)15-8-16)5-3-4-6-11(17)14-2/h1-2,13,22,26-29,37,44-46H,3-12,14-18H2,(H,31,47)(H,38,39)(H,40,41)(H,42,43);8-10,12-13H,3-7H2,1-2H3,(H,14,17)(H,15,16). The van der Waals surface area contributed by atoms with Crippen molar-refractivity contribution in [2.75, 3.05) is 112 Å². The van der Waals surface area contributed by atoms with E-state index in [2.05, 4.69) is 21.3 Å². The fraction of sp³-hybridized carbons (Fsp3) is 0.714. The molecule has 396 valence electrons. The Kier molecular flexibility index (Phi) is 26.6. The molecule has 3 amide bonds. The van der Waals surface area contributed by atoms with Crippen LogP contribution in [-0.4, -0.2) is 256 Å². The van der Waals surface area contributed by atoms with Crippen LogP contribution < -0.4 is 26.0 Å². The third kappa shape index (κ3) is 20.8. The van der Waals surface area contributed by atoms with E-state index in [9.17, 15) is 74.6 Å². The number of thioether (sulfide) groups is 1. The molecule has 0 saturated carbocycles. The molecule has 3 fully saturated rings. The number of likely N-dealkylation sites (N-methyl/N-ethyl adjacent to an activating group) is 1. The van der Waals surface area contributed by atoms with E-state index in [-0.39, 0.29) is 88.8 Å². The second-order valence-corrected chi connectivity index (χ2v) is 18.0. The van der Waals surface area contributed by atoms with Gasteiger partial charge in [0.1, 0.15) is 31.0 Å². The predicted molar refractivity (Wildman–Crippen MR) is 249 cm³/mol. The molecule has 0 aromatic heterocycles. The second-order valence-electron chi connectivity index (χ2n) is 16.7. The molecule has 27 nitrogen and oxygen atoms in total. The average Bonchev–Trinajstić information content (AvgIpc) is 3.71. The molecule has 3 saturated heterocycles. The number of rotatable bonds is 23. The molecule has 28 heteroatoms. The van der Waals surface area contributed by atoms with Gasteiger partial charge in [-0.25, -0.2) is 4.79 Å². The first kappa shape index (κ1) is 59.3. The number of unbranched alkanes of at least 4 members (excludes halogenated alkanes) is 1. The van der Waals surface area contributed by atoms with Crippen LogP contribution in [0.3, 0.4) is 0 Å². The lowest BCUT2D eigenvalue weighted by molar-refractivity contribution is -0.387. The number of benzene rings is 1. The molecular formula is C42H69N9O18S. The summed E-state index contributed by atoms with van der Waals surface area (Å²) >= 11 is 1.90. The van der Waals surface area contributed by atoms with E-state index in [1.54, 1.807) is 21.7 Å². The summed E-state index contributed by atoms with van der Waals surface area (Å²) in [6.45, 7) is 0.743. The number of hydrogen-bond acceptors (Lipinski definition) is 21. The Balaban J connectivity index is 0.000000602. The Hall–Kier alpha value is -5.01. The van der Waals surface area contributed by atoms with E-state index in [4.69, 9.17) is 14.2 Å². The maximum atomic E-state index is 12.5. The topological polar surface area (TPSA) is 376 Å². The second kappa shape index (κ2) is 31.4. The van der Waals surface area contributed by atoms with Crippen LogP contribution in [0.15, 0.2) is 18.2 Å². The summed E-state index contributed by atoms with van der Waals surface area (Å²) < 4.78 is 15.9. The van der Waals surface area contributed by atoms with Gasteiger partial charge in [0, 0.05) is 102 Å². The zero-order valence-electron chi connectivity index (χ0n) is 39.3. The molecule has 1 aromatic rings. The normalized spacial score (nSPS) is 25.2. The summed E-state index contributed by atoms with van der Waals surface area (Å²) in [6, 6.07) is 4.14. The number of hydrogen-bond donors (Lipinski definition) is 11. The summed E-state index contributed by atoms with van der Waals surface area (Å²) in [4.78, 5) is 86.4. The van der Waals surface area contributed by atoms with Crippen molar-refractivity contribution in [2.45, 2.75) is 80.3 Å². The highest BCUT2D eigenvalue weighted by Crippen LogP contribution is 2.33. The number of ether oxygens (including phenoxy) is 3. The first-order valence-electron chi connectivity index (χ1n) is 22.8. The summed E-state index contributed by atoms with van der Waals surface area (Å²) in [5.41, 5.74) is -0.387. The van der Waals surface area contributed by atoms with E-state index in [0.29, 0.717) is 43.9 Å². The molecule has 4 rings (SSSR count). The van der Waals surface area contributed by atoms with Crippen LogP contribution in [0.1, 0.15) is 31.2 Å². The Morgan fingerprint density at radius 1 is 0.857 bits per heavy atom. The van der Waals surface area contributed by atoms with Gasteiger partial charge >= 0.3 is 29.7 Å². The van der Waals surface area contributed by atoms with Crippen LogP contribution >= 0.6 is 11.8 Å². The van der Waals surface area contributed by atoms with Crippen LogP contribution in [0, 0.1) is 10.1 Å². The molecule has 70 heavy (non-hydrogen) atoms. The number of aliphatic hydroxyl groups is 4. The van der Waals surface area contributed by atoms with Crippen molar-refractivity contribution in [3.63, 3.8) is 0 Å². The van der Waals surface area contributed by atoms with Gasteiger partial charge < -0.3 is 71.2 Å². The largest absolute Gasteiger partial charge is 0.480 e. The van der Waals surface area contributed by atoms with E-state index in [1.807, 2.05) is 23.7 Å². The first-order valence-corrected chi connectivity index (χ1v) is 23.8. The molecule has 3 heterocycles. The van der Waals surface area contributed by atoms with Crippen molar-refractivity contribution in [3.05, 3.63) is 33.9 Å². The smallest absolute Gasteiger partial charge is 0.407 e. The van der Waals surface area contributed by atoms with Crippen molar-refractivity contribution in [1.29, 1.82) is 0 Å². The molecule has 8 atom stereocenters. The molecule has 0 spiro atoms. The third-order valence-electron chi connectivity index (χ3n) is 11.8. The van der Waals surface area contributed by atoms with E-state index < -0.39 is 71.9 Å². The summed E-state index contributed by atoms with van der Waals surface area (Å²) in [6.07, 6.45) is -4.64. The van der Waals surface area contributed by atoms with Gasteiger partial charge in [-0.05, 0) is 31.5 Å². The fourth-order valence-corrected chi connectivity index (χ4v) is 9.47. The van der Waals surface area contributed by atoms with Crippen LogP contribution in [0.4, 0.5) is 10.5 Å². The molecule has 3 aliphatic heterocycles. The van der Waals surface area contributed by atoms with Gasteiger partial charge in [0.25, 0.3) is 0 Å². The molecule has 0 bridgehead atoms. The number of carboxylic acid groups (broad SMARTS) is 3. The highest BCUT2D eigenvalue weighted by molar-refractivity contribution is 8.00. The highest BCUT2D eigenvalue weighted by atomic mass is 32.2. The minimum absolute atomic E-state index is 0.0785. The maximum absolute atomic E-state index is 12.5. The predicted octanol–water partition coefficient (Wildman–Crippen LogP) is -3.41. The minimum Gasteiger partial charge on any atom is -0.480 e. The Morgan fingerprint density at radius 2 is 1.43 bits per heavy atom. The molecule has 0 radical (unpaired) electrons. The van der Waals surface area contributed by atoms with E-state index in [1.165, 1.54) is 6.07 Å². The van der Waals surface area contributed by atoms with Crippen molar-refractivity contribution in [2.24, 2.45) is 0 Å². The average molecular weight is 1020 g/mol. The van der Waals surface area contributed by atoms with Crippen LogP contribution in [0.5, 0.6) is 5.75 Å². The number of nitrogens with one attached hydrogen (secondary N) is 4. The molecule has 1 aromatic carbocycles. The Morgan fingerprint density at radius 3 is 1.93 bits per heavy atom. The van der Waals surface area contributed by atoms with Gasteiger partial charge in [-0.3, -0.25) is 53.7 Å². The number of amides is 3. The van der Waals surface area contributed by atoms with Gasteiger partial charge in [-0.1, -0.05) is 12.5 Å². The summed E-state index contributed by atoms with van der Waals surface area (Å²) in [5, 5.41) is 91.1. The monoisotopic (exact) mass is 1020 g/mol. The number of alkyl carbamates (subject to hydrolysis) is 1. The molecule has 11 N–H and O–H groups in total. The quantitative estimate of drug-likeness (QED) is 0.0220. The molecule has 0 aliphatic carbocycles. The lowest BCUT2D eigenvalue weighted by Crippen LogP contribution is -2.60. The minimum atomic E-state index is -1.80. The van der Waals surface area contributed by atoms with Gasteiger partial charge in [0.05, 0.1) is 37.2 Å². The van der Waals surface area contributed by atoms with Crippen molar-refractivity contribution in [1.82, 2.24) is 40.9 Å². The first-order chi connectivity index (χ1) is 33.4. The number of carbonyl (C=O) groups excluding carboxylic acids is 3. The summed E-state index contributed by atoms with van der Waals surface area (Å²) in [5.74, 6) is -2.40. The number of nitrogens with zero attached hydrogens (tertiary/aromatic N) is 5. The Labute approximate surface area is 408 Å². The maximum Gasteiger partial charge on any atom is 0.407 e. The number of carbonyl (C=O) groups is 6. The fourth-order valence-electron chi connectivity index (χ4n) is 7.83. The van der Waals surface area contributed by atoms with E-state index >= 15 is 0 Å². The SMILES string of the molecule is CNC(=O)CCCCC1SCC(NC)C1NC=O.O=C(O)CN1CCN(CCNC(=O)OCc2ccc(OC3OC(CO)C(O)C(O)C3O)c([N+](=O)[O-])c2)CCN(CC(=O)O)CCN(CC(=O)O)CC1. The van der Waals surface area contributed by atoms with E-state index in [0.717, 1.165) is 43.6 Å². The molecule has 8 unspecified atom stereocenters. The van der Waals surface area contributed by atoms with Gasteiger partial charge in [-0.2, -0.15) is 11.8 Å². The van der Waals surface area contributed by atoms with Gasteiger partial charge in [0.15, 0.2) is 5.75 Å². The van der Waals surface area contributed by atoms with Crippen LogP contribution in [0.25, 0.3) is 0 Å². The van der Waals surface area contributed by atoms with Gasteiger partial charge in [0.2, 0.25) is 18.6 Å². The van der Waals surface area contributed by atoms with Gasteiger partial charge in [-0.15, -0.1) is 0 Å². The zero-order chi connectivity index (χ0) is 51.8. The molecular weight excluding hydrogens is 951 g/mol. The number of nitro groups is 1. The zero-order valence-corrected chi connectivity index (χ0v) is 40.2. The van der Waals surface area contributed by atoms with Crippen molar-refractivity contribution >= 4 is 53.8 Å². The van der Waals surface area contributed by atoms with Crippen molar-refractivity contribution < 1.29 is 83.6 Å². The summed E-state index contributed by atoms with van der Waals surface area (Å²) in [7, 11) is 3.59. The lowest BCUT2D eigenvalue weighted by Gasteiger charge is -2.39. The van der Waals surface area contributed by atoms with Crippen LogP contribution in [-0.2, 0) is 40.1 Å². The number of aliphatic carboxylic acids is 3. The van der Waals surface area contributed by atoms with Crippen molar-refractivity contribution in [3.8, 4) is 5.75 Å². The molecule has 3 aliphatic rings. The van der Waals surface area contributed by atoms with Crippen LogP contribution in [0.2, 0.25) is 0 Å².